The fourth-order valence-electron chi connectivity index (χ4n) is 1.57. The molecule has 5 heteroatoms. The maximum Gasteiger partial charge on any atom is 0.335 e. The quantitative estimate of drug-likeness (QED) is 0.812. The number of carboxylic acids is 1. The lowest BCUT2D eigenvalue weighted by atomic mass is 9.94. The lowest BCUT2D eigenvalue weighted by Gasteiger charge is -2.23. The molecule has 0 aromatic heterocycles. The van der Waals surface area contributed by atoms with Gasteiger partial charge in [-0.05, 0) is 39.8 Å². The van der Waals surface area contributed by atoms with Gasteiger partial charge in [0.05, 0.1) is 17.8 Å². The number of hydrogen-bond acceptors (Lipinski definition) is 3. The minimum Gasteiger partial charge on any atom is -0.488 e. The first-order chi connectivity index (χ1) is 8.67. The van der Waals surface area contributed by atoms with Gasteiger partial charge in [0.15, 0.2) is 0 Å². The van der Waals surface area contributed by atoms with Crippen LogP contribution in [0, 0.1) is 0 Å². The van der Waals surface area contributed by atoms with Crippen molar-refractivity contribution in [1.29, 1.82) is 0 Å². The third-order valence-corrected chi connectivity index (χ3v) is 2.39. The molecule has 0 aliphatic heterocycles. The molecular weight excluding hydrogens is 243 g/mol. The first-order valence-corrected chi connectivity index (χ1v) is 6.33. The van der Waals surface area contributed by atoms with Crippen LogP contribution in [0.5, 0.6) is 5.75 Å². The zero-order valence-electron chi connectivity index (χ0n) is 12.2. The minimum atomic E-state index is -0.952. The van der Waals surface area contributed by atoms with Gasteiger partial charge in [-0.3, -0.25) is 0 Å². The minimum absolute atomic E-state index is 0.136. The summed E-state index contributed by atoms with van der Waals surface area (Å²) in [7, 11) is 1.84. The van der Waals surface area contributed by atoms with Crippen molar-refractivity contribution in [2.45, 2.75) is 39.4 Å². The lowest BCUT2D eigenvalue weighted by Crippen LogP contribution is -2.28. The van der Waals surface area contributed by atoms with Gasteiger partial charge in [-0.15, -0.1) is 0 Å². The van der Waals surface area contributed by atoms with Crippen molar-refractivity contribution in [3.05, 3.63) is 23.8 Å². The van der Waals surface area contributed by atoms with E-state index in [0.29, 0.717) is 12.4 Å². The van der Waals surface area contributed by atoms with E-state index in [9.17, 15) is 4.79 Å². The van der Waals surface area contributed by atoms with Crippen molar-refractivity contribution in [2.24, 2.45) is 0 Å². The average molecular weight is 264 g/mol. The molecule has 104 valence electrons. The number of carboxylic acid groups (broad SMARTS) is 1. The number of aromatic carboxylic acids is 1. The fraction of sp³-hybridized carbons (Fsp3) is 0.500. The van der Waals surface area contributed by atoms with Crippen LogP contribution in [-0.4, -0.2) is 37.2 Å². The Morgan fingerprint density at radius 1 is 1.37 bits per heavy atom. The summed E-state index contributed by atoms with van der Waals surface area (Å²) >= 11 is 0. The lowest BCUT2D eigenvalue weighted by molar-refractivity contribution is -0.0374. The Hall–Kier alpha value is -1.49. The van der Waals surface area contributed by atoms with Crippen molar-refractivity contribution >= 4 is 19.3 Å². The molecule has 1 aromatic rings. The molecule has 0 saturated heterocycles. The van der Waals surface area contributed by atoms with Crippen molar-refractivity contribution in [3.8, 4) is 5.75 Å². The number of rotatable bonds is 5. The average Bonchev–Trinajstić information content (AvgIpc) is 2.24. The van der Waals surface area contributed by atoms with Crippen LogP contribution in [0.25, 0.3) is 0 Å². The second-order valence-corrected chi connectivity index (χ2v) is 5.69. The highest BCUT2D eigenvalue weighted by Gasteiger charge is 2.14. The van der Waals surface area contributed by atoms with E-state index in [1.54, 1.807) is 6.07 Å². The van der Waals surface area contributed by atoms with Crippen LogP contribution in [0.4, 0.5) is 0 Å². The Bertz CT molecular complexity index is 451. The normalized spacial score (nSPS) is 13.1. The third kappa shape index (κ3) is 5.79. The zero-order chi connectivity index (χ0) is 14.6. The molecule has 0 spiro atoms. The number of hydrogen-bond donors (Lipinski definition) is 1. The molecule has 1 N–H and O–H groups in total. The molecule has 0 fully saturated rings. The molecule has 0 amide bonds. The molecule has 1 rings (SSSR count). The van der Waals surface area contributed by atoms with Crippen molar-refractivity contribution < 1.29 is 19.4 Å². The highest BCUT2D eigenvalue weighted by molar-refractivity contribution is 6.32. The Kier molecular flexibility index (Phi) is 5.00. The van der Waals surface area contributed by atoms with E-state index in [0.717, 1.165) is 5.46 Å². The molecule has 0 bridgehead atoms. The topological polar surface area (TPSA) is 55.8 Å². The predicted molar refractivity (Wildman–Crippen MR) is 77.4 cm³/mol. The van der Waals surface area contributed by atoms with Gasteiger partial charge in [0.2, 0.25) is 0 Å². The Labute approximate surface area is 115 Å². The first kappa shape index (κ1) is 15.6. The Morgan fingerprint density at radius 3 is 2.53 bits per heavy atom. The van der Waals surface area contributed by atoms with E-state index in [1.165, 1.54) is 6.07 Å². The van der Waals surface area contributed by atoms with Crippen LogP contribution in [0.15, 0.2) is 18.2 Å². The zero-order valence-corrected chi connectivity index (χ0v) is 12.2. The van der Waals surface area contributed by atoms with Crippen LogP contribution in [0.1, 0.15) is 38.1 Å². The summed E-state index contributed by atoms with van der Waals surface area (Å²) in [4.78, 5) is 11.0. The van der Waals surface area contributed by atoms with E-state index >= 15 is 0 Å². The molecule has 1 atom stereocenters. The van der Waals surface area contributed by atoms with E-state index < -0.39 is 5.97 Å². The smallest absolute Gasteiger partial charge is 0.335 e. The van der Waals surface area contributed by atoms with Gasteiger partial charge >= 0.3 is 5.97 Å². The summed E-state index contributed by atoms with van der Waals surface area (Å²) in [5, 5.41) is 9.00. The Balaban J connectivity index is 2.68. The monoisotopic (exact) mass is 264 g/mol. The van der Waals surface area contributed by atoms with Crippen LogP contribution >= 0.6 is 0 Å². The number of benzene rings is 1. The molecule has 0 saturated carbocycles. The molecule has 0 heterocycles. The van der Waals surface area contributed by atoms with Gasteiger partial charge in [-0.2, -0.15) is 0 Å². The van der Waals surface area contributed by atoms with Crippen molar-refractivity contribution in [2.75, 3.05) is 6.61 Å². The fourth-order valence-corrected chi connectivity index (χ4v) is 1.57. The van der Waals surface area contributed by atoms with Gasteiger partial charge in [-0.25, -0.2) is 4.79 Å². The highest BCUT2D eigenvalue weighted by Crippen LogP contribution is 2.15. The van der Waals surface area contributed by atoms with E-state index in [1.807, 2.05) is 41.6 Å². The van der Waals surface area contributed by atoms with Crippen LogP contribution < -0.4 is 10.2 Å². The van der Waals surface area contributed by atoms with Crippen molar-refractivity contribution in [1.82, 2.24) is 0 Å². The summed E-state index contributed by atoms with van der Waals surface area (Å²) in [6, 6.07) is 4.97. The molecule has 4 nitrogen and oxygen atoms in total. The summed E-state index contributed by atoms with van der Waals surface area (Å²) in [6.45, 7) is 8.30. The van der Waals surface area contributed by atoms with Crippen molar-refractivity contribution in [3.63, 3.8) is 0 Å². The van der Waals surface area contributed by atoms with Gasteiger partial charge in [0.1, 0.15) is 19.7 Å². The van der Waals surface area contributed by atoms with Gasteiger partial charge < -0.3 is 14.6 Å². The largest absolute Gasteiger partial charge is 0.488 e. The molecular formula is C14H21BO4. The van der Waals surface area contributed by atoms with Crippen LogP contribution in [0.2, 0.25) is 0 Å². The van der Waals surface area contributed by atoms with Gasteiger partial charge in [0.25, 0.3) is 0 Å². The van der Waals surface area contributed by atoms with E-state index in [2.05, 4.69) is 0 Å². The summed E-state index contributed by atoms with van der Waals surface area (Å²) in [6.07, 6.45) is -0.136. The maximum atomic E-state index is 11.0. The SMILES string of the molecule is Bc1cc(O[C@@H](C)COC(C)(C)C)cc(C(=O)O)c1. The highest BCUT2D eigenvalue weighted by atomic mass is 16.5. The molecule has 0 aliphatic rings. The van der Waals surface area contributed by atoms with Crippen LogP contribution in [-0.2, 0) is 4.74 Å². The van der Waals surface area contributed by atoms with E-state index in [-0.39, 0.29) is 17.3 Å². The predicted octanol–water partition coefficient (Wildman–Crippen LogP) is 1.23. The molecule has 1 aromatic carbocycles. The maximum absolute atomic E-state index is 11.0. The summed E-state index contributed by atoms with van der Waals surface area (Å²) in [5.41, 5.74) is 0.883. The Morgan fingerprint density at radius 2 is 2.00 bits per heavy atom. The summed E-state index contributed by atoms with van der Waals surface area (Å²) in [5.74, 6) is -0.394. The van der Waals surface area contributed by atoms with E-state index in [4.69, 9.17) is 14.6 Å². The molecule has 0 radical (unpaired) electrons. The van der Waals surface area contributed by atoms with Crippen LogP contribution in [0.3, 0.4) is 0 Å². The molecule has 19 heavy (non-hydrogen) atoms. The molecule has 0 unspecified atom stereocenters. The standard InChI is InChI=1S/C14H21BO4/c1-9(8-18-14(2,3)4)19-12-6-10(13(16)17)5-11(15)7-12/h5-7,9H,8,15H2,1-4H3,(H,16,17)/t9-/m0/s1. The second kappa shape index (κ2) is 6.11. The van der Waals surface area contributed by atoms with Gasteiger partial charge in [-0.1, -0.05) is 11.5 Å². The summed E-state index contributed by atoms with van der Waals surface area (Å²) < 4.78 is 11.3. The molecule has 0 aliphatic carbocycles. The number of carbonyl (C=O) groups is 1. The second-order valence-electron chi connectivity index (χ2n) is 5.69. The third-order valence-electron chi connectivity index (χ3n) is 2.39. The number of ether oxygens (including phenoxy) is 2. The van der Waals surface area contributed by atoms with Gasteiger partial charge in [0, 0.05) is 0 Å². The first-order valence-electron chi connectivity index (χ1n) is 6.33.